The first-order valence-corrected chi connectivity index (χ1v) is 15.8. The molecule has 0 fully saturated rings. The summed E-state index contributed by atoms with van der Waals surface area (Å²) in [4.78, 5) is 10.4. The summed E-state index contributed by atoms with van der Waals surface area (Å²) in [6.07, 6.45) is 0. The van der Waals surface area contributed by atoms with Gasteiger partial charge >= 0.3 is 31.1 Å². The van der Waals surface area contributed by atoms with Gasteiger partial charge in [-0.1, -0.05) is 102 Å². The second-order valence-corrected chi connectivity index (χ2v) is 11.7. The summed E-state index contributed by atoms with van der Waals surface area (Å²) in [6, 6.07) is 63.9. The molecule has 9 rings (SSSR count). The van der Waals surface area contributed by atoms with Crippen molar-refractivity contribution in [2.24, 2.45) is 0 Å². The molecule has 2 heterocycles. The maximum atomic E-state index is 5.30. The van der Waals surface area contributed by atoms with Crippen molar-refractivity contribution in [3.63, 3.8) is 0 Å². The van der Waals surface area contributed by atoms with Crippen LogP contribution in [0.3, 0.4) is 0 Å². The summed E-state index contributed by atoms with van der Waals surface area (Å²) in [5.74, 6) is 0.685. The van der Waals surface area contributed by atoms with Gasteiger partial charge in [-0.15, -0.1) is 12.1 Å². The fraction of sp³-hybridized carbons (Fsp3) is 0. The van der Waals surface area contributed by atoms with Gasteiger partial charge in [-0.2, -0.15) is 42.0 Å². The van der Waals surface area contributed by atoms with E-state index in [0.717, 1.165) is 61.2 Å². The minimum absolute atomic E-state index is 0. The van der Waals surface area contributed by atoms with Gasteiger partial charge in [-0.3, -0.25) is 9.97 Å². The number of fused-ring (bicyclic) bond motifs is 4. The molecule has 0 N–H and O–H groups in total. The van der Waals surface area contributed by atoms with Crippen LogP contribution in [0.5, 0.6) is 0 Å². The molecule has 0 radical (unpaired) electrons. The Balaban J connectivity index is 0.00000336. The van der Waals surface area contributed by atoms with Crippen LogP contribution < -0.4 is 0 Å². The van der Waals surface area contributed by atoms with Crippen molar-refractivity contribution in [1.29, 1.82) is 0 Å². The first-order valence-electron chi connectivity index (χ1n) is 15.8. The Morgan fingerprint density at radius 1 is 0.479 bits per heavy atom. The molecule has 2 aromatic heterocycles. The van der Waals surface area contributed by atoms with Crippen molar-refractivity contribution < 1.29 is 31.1 Å². The Kier molecular flexibility index (Phi) is 7.98. The van der Waals surface area contributed by atoms with E-state index >= 15 is 0 Å². The second-order valence-electron chi connectivity index (χ2n) is 11.7. The third-order valence-electron chi connectivity index (χ3n) is 8.79. The number of rotatable bonds is 5. The van der Waals surface area contributed by atoms with Crippen molar-refractivity contribution >= 4 is 32.7 Å². The monoisotopic (exact) mass is 835 g/mol. The van der Waals surface area contributed by atoms with E-state index in [1.807, 2.05) is 24.3 Å². The number of benzene rings is 7. The number of hydrogen-bond acceptors (Lipinski definition) is 2. The molecule has 48 heavy (non-hydrogen) atoms. The minimum atomic E-state index is 0. The van der Waals surface area contributed by atoms with Gasteiger partial charge in [0.15, 0.2) is 0 Å². The van der Waals surface area contributed by atoms with Crippen LogP contribution in [-0.4, -0.2) is 14.5 Å². The summed E-state index contributed by atoms with van der Waals surface area (Å²) in [5, 5.41) is 3.26. The molecular weight excluding hydrogens is 809 g/mol. The molecule has 0 aliphatic rings. The fourth-order valence-electron chi connectivity index (χ4n) is 6.56. The van der Waals surface area contributed by atoms with Crippen LogP contribution >= 0.6 is 0 Å². The summed E-state index contributed by atoms with van der Waals surface area (Å²) in [6.45, 7) is 0. The summed E-state index contributed by atoms with van der Waals surface area (Å²) in [7, 11) is 0. The number of nitrogens with zero attached hydrogens (tertiary/aromatic N) is 3. The van der Waals surface area contributed by atoms with Gasteiger partial charge in [-0.25, -0.2) is 5.56 Å². The standard InChI is InChI=1S/C44H27N3.U/c1-4-13-30(14-5-1)32-17-12-18-35(27-32)44-45-40-25-23-33(31-15-6-2-7-16-31)28-39(40)43(46-44)34-24-26-42-38(29-34)37-21-10-11-22-41(37)47(42)36-19-8-3-9-20-36;/h1-15,17-27,29H;/q-2;+2. The van der Waals surface area contributed by atoms with Crippen LogP contribution in [0.1, 0.15) is 0 Å². The van der Waals surface area contributed by atoms with Gasteiger partial charge in [0, 0.05) is 33.2 Å². The van der Waals surface area contributed by atoms with Crippen LogP contribution in [0, 0.1) is 43.2 Å². The van der Waals surface area contributed by atoms with Gasteiger partial charge in [0.05, 0.1) is 11.0 Å². The van der Waals surface area contributed by atoms with E-state index in [9.17, 15) is 0 Å². The van der Waals surface area contributed by atoms with E-state index in [0.29, 0.717) is 5.82 Å². The Hall–Kier alpha value is -5.27. The minimum Gasteiger partial charge on any atom is -0.309 e. The average molecular weight is 836 g/mol. The molecule has 0 aliphatic heterocycles. The molecule has 0 spiro atoms. The fourth-order valence-corrected chi connectivity index (χ4v) is 6.56. The molecule has 0 unspecified atom stereocenters. The normalized spacial score (nSPS) is 11.2. The Morgan fingerprint density at radius 2 is 1.21 bits per heavy atom. The quantitative estimate of drug-likeness (QED) is 0.162. The molecule has 3 nitrogen and oxygen atoms in total. The molecular formula is C44H27N3U. The maximum Gasteiger partial charge on any atom is 2.00 e. The van der Waals surface area contributed by atoms with Crippen LogP contribution in [0.4, 0.5) is 0 Å². The predicted octanol–water partition coefficient (Wildman–Crippen LogP) is 11.0. The molecule has 0 atom stereocenters. The zero-order chi connectivity index (χ0) is 31.2. The molecule has 222 valence electrons. The largest absolute Gasteiger partial charge is 2.00 e. The van der Waals surface area contributed by atoms with Crippen molar-refractivity contribution in [1.82, 2.24) is 14.5 Å². The van der Waals surface area contributed by atoms with Crippen LogP contribution in [0.25, 0.3) is 83.3 Å². The van der Waals surface area contributed by atoms with Crippen molar-refractivity contribution in [3.8, 4) is 50.6 Å². The SMILES string of the molecule is [U+2].[c-]1ccccc1-c1[c-]c2c(-c3ccc4c(c3)c3ccccc3n4-c3ccccc3)nc(-c3cccc(-c4ccccc4)c3)nc2cc1. The zero-order valence-corrected chi connectivity index (χ0v) is 30.1. The number of hydrogen-bond donors (Lipinski definition) is 0. The zero-order valence-electron chi connectivity index (χ0n) is 25.9. The molecule has 0 bridgehead atoms. The van der Waals surface area contributed by atoms with Gasteiger partial charge in [0.2, 0.25) is 0 Å². The molecule has 9 aromatic rings. The van der Waals surface area contributed by atoms with E-state index in [4.69, 9.17) is 9.97 Å². The van der Waals surface area contributed by atoms with Gasteiger partial charge < -0.3 is 4.57 Å². The smallest absolute Gasteiger partial charge is 0.309 e. The average Bonchev–Trinajstić information content (AvgIpc) is 3.49. The van der Waals surface area contributed by atoms with E-state index in [2.05, 4.69) is 156 Å². The summed E-state index contributed by atoms with van der Waals surface area (Å²) >= 11 is 0. The molecule has 0 amide bonds. The second kappa shape index (κ2) is 12.7. The predicted molar refractivity (Wildman–Crippen MR) is 193 cm³/mol. The number of aromatic nitrogens is 3. The van der Waals surface area contributed by atoms with Crippen LogP contribution in [0.2, 0.25) is 0 Å². The molecule has 0 aliphatic carbocycles. The summed E-state index contributed by atoms with van der Waals surface area (Å²) < 4.78 is 2.34. The van der Waals surface area contributed by atoms with Gasteiger partial charge in [0.1, 0.15) is 5.82 Å². The molecule has 0 saturated carbocycles. The number of para-hydroxylation sites is 2. The molecule has 4 heteroatoms. The first-order chi connectivity index (χ1) is 23.3. The topological polar surface area (TPSA) is 30.7 Å². The van der Waals surface area contributed by atoms with E-state index in [1.165, 1.54) is 16.3 Å². The van der Waals surface area contributed by atoms with Crippen molar-refractivity contribution in [2.45, 2.75) is 0 Å². The van der Waals surface area contributed by atoms with Gasteiger partial charge in [0.25, 0.3) is 0 Å². The molecule has 0 saturated heterocycles. The van der Waals surface area contributed by atoms with E-state index < -0.39 is 0 Å². The van der Waals surface area contributed by atoms with Crippen molar-refractivity contribution in [2.75, 3.05) is 0 Å². The summed E-state index contributed by atoms with van der Waals surface area (Å²) in [5.41, 5.74) is 11.4. The third-order valence-corrected chi connectivity index (χ3v) is 8.79. The van der Waals surface area contributed by atoms with E-state index in [-0.39, 0.29) is 31.1 Å². The molecule has 7 aromatic carbocycles. The van der Waals surface area contributed by atoms with E-state index in [1.54, 1.807) is 0 Å². The Labute approximate surface area is 303 Å². The third kappa shape index (κ3) is 5.34. The van der Waals surface area contributed by atoms with Crippen LogP contribution in [0.15, 0.2) is 164 Å². The maximum absolute atomic E-state index is 5.30. The van der Waals surface area contributed by atoms with Gasteiger partial charge in [-0.05, 0) is 47.0 Å². The Morgan fingerprint density at radius 3 is 2.04 bits per heavy atom. The first kappa shape index (κ1) is 30.1. The van der Waals surface area contributed by atoms with Crippen LogP contribution in [-0.2, 0) is 0 Å². The van der Waals surface area contributed by atoms with Crippen molar-refractivity contribution in [3.05, 3.63) is 176 Å². The Bertz CT molecular complexity index is 2560.